The van der Waals surface area contributed by atoms with Gasteiger partial charge in [-0.15, -0.1) is 0 Å². The van der Waals surface area contributed by atoms with Gasteiger partial charge in [-0.2, -0.15) is 0 Å². The minimum atomic E-state index is -0.428. The number of anilines is 1. The average Bonchev–Trinajstić information content (AvgIpc) is 2.64. The summed E-state index contributed by atoms with van der Waals surface area (Å²) in [7, 11) is 0. The van der Waals surface area contributed by atoms with Crippen molar-refractivity contribution >= 4 is 23.4 Å². The van der Waals surface area contributed by atoms with Gasteiger partial charge < -0.3 is 19.9 Å². The molecule has 7 heteroatoms. The summed E-state index contributed by atoms with van der Waals surface area (Å²) in [6.45, 7) is 4.62. The highest BCUT2D eigenvalue weighted by atomic mass is 35.5. The Morgan fingerprint density at radius 3 is 2.52 bits per heavy atom. The Balaban J connectivity index is 1.46. The lowest BCUT2D eigenvalue weighted by molar-refractivity contribution is 0.151. The largest absolute Gasteiger partial charge is 0.471 e. The van der Waals surface area contributed by atoms with Gasteiger partial charge in [0.05, 0.1) is 0 Å². The number of aromatic nitrogens is 1. The second kappa shape index (κ2) is 8.07. The van der Waals surface area contributed by atoms with Crippen LogP contribution in [0.4, 0.5) is 10.6 Å². The molecule has 1 saturated heterocycles. The average molecular weight is 361 g/mol. The van der Waals surface area contributed by atoms with Crippen LogP contribution in [0, 0.1) is 0 Å². The van der Waals surface area contributed by atoms with Crippen LogP contribution in [0.5, 0.6) is 5.75 Å². The van der Waals surface area contributed by atoms with Gasteiger partial charge in [0.2, 0.25) is 0 Å². The quantitative estimate of drug-likeness (QED) is 0.851. The summed E-state index contributed by atoms with van der Waals surface area (Å²) >= 11 is 5.85. The Morgan fingerprint density at radius 2 is 1.88 bits per heavy atom. The molecule has 1 aromatic carbocycles. The Bertz CT molecular complexity index is 688. The lowest BCUT2D eigenvalue weighted by atomic mass is 10.3. The SMILES string of the molecule is CC(NC(=O)N1CCN(c2ccccn2)CC1)Oc1ccc(Cl)cc1. The number of carbonyl (C=O) groups is 1. The number of nitrogens with one attached hydrogen (secondary N) is 1. The third-order valence-corrected chi connectivity index (χ3v) is 4.25. The van der Waals surface area contributed by atoms with Crippen LogP contribution in [0.1, 0.15) is 6.92 Å². The lowest BCUT2D eigenvalue weighted by Gasteiger charge is -2.35. The number of halogens is 1. The second-order valence-corrected chi connectivity index (χ2v) is 6.26. The van der Waals surface area contributed by atoms with Gasteiger partial charge >= 0.3 is 6.03 Å². The van der Waals surface area contributed by atoms with Crippen LogP contribution in [0.3, 0.4) is 0 Å². The van der Waals surface area contributed by atoms with Crippen LogP contribution >= 0.6 is 11.6 Å². The number of piperazine rings is 1. The predicted octanol–water partition coefficient (Wildman–Crippen LogP) is 2.99. The van der Waals surface area contributed by atoms with Gasteiger partial charge in [-0.1, -0.05) is 17.7 Å². The highest BCUT2D eigenvalue weighted by molar-refractivity contribution is 6.30. The Kier molecular flexibility index (Phi) is 5.60. The van der Waals surface area contributed by atoms with E-state index in [1.807, 2.05) is 18.2 Å². The maximum atomic E-state index is 12.4. The molecule has 0 aliphatic carbocycles. The number of amides is 2. The molecule has 0 spiro atoms. The van der Waals surface area contributed by atoms with E-state index in [1.54, 1.807) is 42.3 Å². The Labute approximate surface area is 152 Å². The van der Waals surface area contributed by atoms with Crippen molar-refractivity contribution in [2.75, 3.05) is 31.1 Å². The first kappa shape index (κ1) is 17.4. The molecule has 2 aromatic rings. The first-order chi connectivity index (χ1) is 12.1. The molecule has 0 bridgehead atoms. The van der Waals surface area contributed by atoms with E-state index in [9.17, 15) is 4.79 Å². The number of hydrogen-bond donors (Lipinski definition) is 1. The molecule has 0 radical (unpaired) electrons. The van der Waals surface area contributed by atoms with Crippen molar-refractivity contribution in [1.82, 2.24) is 15.2 Å². The number of benzene rings is 1. The van der Waals surface area contributed by atoms with Gasteiger partial charge in [0.15, 0.2) is 6.23 Å². The summed E-state index contributed by atoms with van der Waals surface area (Å²) in [6.07, 6.45) is 1.35. The summed E-state index contributed by atoms with van der Waals surface area (Å²) in [5.41, 5.74) is 0. The topological polar surface area (TPSA) is 57.7 Å². The van der Waals surface area contributed by atoms with Crippen molar-refractivity contribution in [2.45, 2.75) is 13.2 Å². The summed E-state index contributed by atoms with van der Waals surface area (Å²) in [5.74, 6) is 1.61. The van der Waals surface area contributed by atoms with Gasteiger partial charge in [0.1, 0.15) is 11.6 Å². The normalized spacial score (nSPS) is 15.6. The van der Waals surface area contributed by atoms with E-state index in [-0.39, 0.29) is 6.03 Å². The fraction of sp³-hybridized carbons (Fsp3) is 0.333. The third-order valence-electron chi connectivity index (χ3n) is 3.99. The number of nitrogens with zero attached hydrogens (tertiary/aromatic N) is 3. The van der Waals surface area contributed by atoms with Crippen molar-refractivity contribution in [3.63, 3.8) is 0 Å². The number of carbonyl (C=O) groups excluding carboxylic acids is 1. The molecule has 2 amide bonds. The molecule has 3 rings (SSSR count). The summed E-state index contributed by atoms with van der Waals surface area (Å²) in [6, 6.07) is 12.8. The summed E-state index contributed by atoms with van der Waals surface area (Å²) in [5, 5.41) is 3.51. The molecular formula is C18H21ClN4O2. The van der Waals surface area contributed by atoms with Crippen LogP contribution in [0.2, 0.25) is 5.02 Å². The molecule has 25 heavy (non-hydrogen) atoms. The zero-order chi connectivity index (χ0) is 17.6. The molecule has 1 fully saturated rings. The molecule has 0 saturated carbocycles. The molecule has 1 aromatic heterocycles. The number of hydrogen-bond acceptors (Lipinski definition) is 4. The van der Waals surface area contributed by atoms with Gasteiger partial charge in [0, 0.05) is 37.4 Å². The van der Waals surface area contributed by atoms with E-state index in [0.717, 1.165) is 18.9 Å². The van der Waals surface area contributed by atoms with Crippen molar-refractivity contribution in [2.24, 2.45) is 0 Å². The van der Waals surface area contributed by atoms with Gasteiger partial charge in [-0.25, -0.2) is 9.78 Å². The molecule has 1 aliphatic rings. The van der Waals surface area contributed by atoms with E-state index in [1.165, 1.54) is 0 Å². The van der Waals surface area contributed by atoms with Crippen LogP contribution in [-0.4, -0.2) is 48.3 Å². The van der Waals surface area contributed by atoms with Gasteiger partial charge in [-0.05, 0) is 43.3 Å². The Hall–Kier alpha value is -2.47. The summed E-state index contributed by atoms with van der Waals surface area (Å²) < 4.78 is 5.68. The maximum absolute atomic E-state index is 12.4. The van der Waals surface area contributed by atoms with Crippen LogP contribution in [-0.2, 0) is 0 Å². The smallest absolute Gasteiger partial charge is 0.320 e. The highest BCUT2D eigenvalue weighted by Crippen LogP contribution is 2.16. The van der Waals surface area contributed by atoms with Crippen molar-refractivity contribution < 1.29 is 9.53 Å². The van der Waals surface area contributed by atoms with E-state index in [2.05, 4.69) is 15.2 Å². The van der Waals surface area contributed by atoms with Gasteiger partial charge in [0.25, 0.3) is 0 Å². The zero-order valence-corrected chi connectivity index (χ0v) is 14.8. The van der Waals surface area contributed by atoms with Crippen LogP contribution < -0.4 is 15.0 Å². The monoisotopic (exact) mass is 360 g/mol. The fourth-order valence-corrected chi connectivity index (χ4v) is 2.82. The second-order valence-electron chi connectivity index (χ2n) is 5.83. The third kappa shape index (κ3) is 4.76. The van der Waals surface area contributed by atoms with Crippen molar-refractivity contribution in [3.05, 3.63) is 53.7 Å². The highest BCUT2D eigenvalue weighted by Gasteiger charge is 2.22. The first-order valence-corrected chi connectivity index (χ1v) is 8.63. The molecular weight excluding hydrogens is 340 g/mol. The molecule has 132 valence electrons. The predicted molar refractivity (Wildman–Crippen MR) is 98.1 cm³/mol. The maximum Gasteiger partial charge on any atom is 0.320 e. The van der Waals surface area contributed by atoms with E-state index >= 15 is 0 Å². The molecule has 1 aliphatic heterocycles. The van der Waals surface area contributed by atoms with E-state index < -0.39 is 6.23 Å². The number of rotatable bonds is 4. The first-order valence-electron chi connectivity index (χ1n) is 8.25. The standard InChI is InChI=1S/C18H21ClN4O2/c1-14(25-16-7-5-15(19)6-8-16)21-18(24)23-12-10-22(11-13-23)17-4-2-3-9-20-17/h2-9,14H,10-13H2,1H3,(H,21,24). The minimum absolute atomic E-state index is 0.123. The van der Waals surface area contributed by atoms with E-state index in [0.29, 0.717) is 23.9 Å². The lowest BCUT2D eigenvalue weighted by Crippen LogP contribution is -2.54. The van der Waals surface area contributed by atoms with Crippen LogP contribution in [0.15, 0.2) is 48.7 Å². The molecule has 6 nitrogen and oxygen atoms in total. The van der Waals surface area contributed by atoms with E-state index in [4.69, 9.17) is 16.3 Å². The minimum Gasteiger partial charge on any atom is -0.471 e. The van der Waals surface area contributed by atoms with Crippen molar-refractivity contribution in [3.8, 4) is 5.75 Å². The zero-order valence-electron chi connectivity index (χ0n) is 14.1. The van der Waals surface area contributed by atoms with Gasteiger partial charge in [-0.3, -0.25) is 0 Å². The molecule has 1 N–H and O–H groups in total. The van der Waals surface area contributed by atoms with Crippen LogP contribution in [0.25, 0.3) is 0 Å². The van der Waals surface area contributed by atoms with Crippen molar-refractivity contribution in [1.29, 1.82) is 0 Å². The number of ether oxygens (including phenoxy) is 1. The number of urea groups is 1. The molecule has 2 heterocycles. The Morgan fingerprint density at radius 1 is 1.16 bits per heavy atom. The molecule has 1 atom stereocenters. The number of pyridine rings is 1. The molecule has 1 unspecified atom stereocenters. The summed E-state index contributed by atoms with van der Waals surface area (Å²) in [4.78, 5) is 20.7. The fourth-order valence-electron chi connectivity index (χ4n) is 2.69.